The zero-order chi connectivity index (χ0) is 18.2. The predicted molar refractivity (Wildman–Crippen MR) is 109 cm³/mol. The van der Waals surface area contributed by atoms with Crippen molar-refractivity contribution in [1.82, 2.24) is 19.9 Å². The molecule has 5 rings (SSSR count). The molecule has 3 aromatic carbocycles. The topological polar surface area (TPSA) is 51.6 Å². The van der Waals surface area contributed by atoms with Gasteiger partial charge in [-0.1, -0.05) is 42.5 Å². The summed E-state index contributed by atoms with van der Waals surface area (Å²) >= 11 is 6.21. The molecule has 5 heteroatoms. The summed E-state index contributed by atoms with van der Waals surface area (Å²) in [4.78, 5) is 17.7. The Morgan fingerprint density at radius 3 is 2.07 bits per heavy atom. The number of rotatable bonds is 2. The molecule has 2 aromatic heterocycles. The second-order valence-electron chi connectivity index (χ2n) is 6.22. The Kier molecular flexibility index (Phi) is 3.77. The van der Waals surface area contributed by atoms with Gasteiger partial charge in [0, 0.05) is 22.7 Å². The van der Waals surface area contributed by atoms with Crippen molar-refractivity contribution in [2.24, 2.45) is 0 Å². The molecule has 0 aliphatic rings. The molecule has 0 saturated carbocycles. The standard InChI is InChI=1S/C22H13ClN4/c23-22-26-20(17-8-7-14-4-1-2-5-15(14)12-17)25-21(27-22)18-9-10-19-16(13-18)6-3-11-24-19/h1-13H. The van der Waals surface area contributed by atoms with Crippen LogP contribution in [0.4, 0.5) is 0 Å². The maximum Gasteiger partial charge on any atom is 0.226 e. The minimum Gasteiger partial charge on any atom is -0.256 e. The predicted octanol–water partition coefficient (Wildman–Crippen LogP) is 5.56. The Morgan fingerprint density at radius 1 is 0.593 bits per heavy atom. The molecule has 0 radical (unpaired) electrons. The van der Waals surface area contributed by atoms with Gasteiger partial charge in [-0.3, -0.25) is 4.98 Å². The van der Waals surface area contributed by atoms with Gasteiger partial charge in [0.25, 0.3) is 0 Å². The number of pyridine rings is 1. The van der Waals surface area contributed by atoms with Crippen molar-refractivity contribution >= 4 is 33.3 Å². The fourth-order valence-corrected chi connectivity index (χ4v) is 3.31. The Balaban J connectivity index is 1.64. The minimum atomic E-state index is 0.175. The molecule has 0 fully saturated rings. The normalized spacial score (nSPS) is 11.1. The second kappa shape index (κ2) is 6.41. The highest BCUT2D eigenvalue weighted by molar-refractivity contribution is 6.28. The first kappa shape index (κ1) is 15.9. The van der Waals surface area contributed by atoms with Gasteiger partial charge in [-0.2, -0.15) is 9.97 Å². The summed E-state index contributed by atoms with van der Waals surface area (Å²) in [5, 5.41) is 3.50. The van der Waals surface area contributed by atoms with Gasteiger partial charge >= 0.3 is 0 Å². The van der Waals surface area contributed by atoms with Crippen LogP contribution in [0.1, 0.15) is 0 Å². The molecule has 27 heavy (non-hydrogen) atoms. The van der Waals surface area contributed by atoms with E-state index in [1.807, 2.05) is 48.5 Å². The summed E-state index contributed by atoms with van der Waals surface area (Å²) in [6, 6.07) is 24.1. The third kappa shape index (κ3) is 3.00. The van der Waals surface area contributed by atoms with Gasteiger partial charge in [0.05, 0.1) is 5.52 Å². The zero-order valence-electron chi connectivity index (χ0n) is 14.2. The first-order chi connectivity index (χ1) is 13.3. The lowest BCUT2D eigenvalue weighted by atomic mass is 10.1. The van der Waals surface area contributed by atoms with Crippen LogP contribution >= 0.6 is 11.6 Å². The Bertz CT molecular complexity index is 1200. The molecule has 0 saturated heterocycles. The molecule has 0 spiro atoms. The zero-order valence-corrected chi connectivity index (χ0v) is 14.9. The first-order valence-electron chi connectivity index (χ1n) is 8.52. The van der Waals surface area contributed by atoms with Crippen LogP contribution in [-0.4, -0.2) is 19.9 Å². The van der Waals surface area contributed by atoms with Crippen molar-refractivity contribution in [1.29, 1.82) is 0 Å². The molecule has 4 nitrogen and oxygen atoms in total. The Morgan fingerprint density at radius 2 is 1.26 bits per heavy atom. The number of benzene rings is 3. The summed E-state index contributed by atoms with van der Waals surface area (Å²) in [5.74, 6) is 1.10. The average Bonchev–Trinajstić information content (AvgIpc) is 2.72. The van der Waals surface area contributed by atoms with Gasteiger partial charge in [-0.05, 0) is 52.7 Å². The van der Waals surface area contributed by atoms with Gasteiger partial charge in [0.1, 0.15) is 0 Å². The maximum atomic E-state index is 6.21. The molecule has 0 unspecified atom stereocenters. The van der Waals surface area contributed by atoms with Gasteiger partial charge in [-0.15, -0.1) is 0 Å². The van der Waals surface area contributed by atoms with E-state index in [1.165, 1.54) is 5.39 Å². The second-order valence-corrected chi connectivity index (χ2v) is 6.56. The van der Waals surface area contributed by atoms with E-state index in [9.17, 15) is 0 Å². The van der Waals surface area contributed by atoms with Crippen LogP contribution in [0.2, 0.25) is 5.28 Å². The summed E-state index contributed by atoms with van der Waals surface area (Å²) in [5.41, 5.74) is 2.71. The number of halogens is 1. The largest absolute Gasteiger partial charge is 0.256 e. The van der Waals surface area contributed by atoms with E-state index >= 15 is 0 Å². The summed E-state index contributed by atoms with van der Waals surface area (Å²) in [6.07, 6.45) is 1.78. The van der Waals surface area contributed by atoms with Crippen LogP contribution < -0.4 is 0 Å². The van der Waals surface area contributed by atoms with E-state index in [2.05, 4.69) is 44.2 Å². The Labute approximate surface area is 160 Å². The van der Waals surface area contributed by atoms with Crippen LogP contribution in [-0.2, 0) is 0 Å². The van der Waals surface area contributed by atoms with Crippen molar-refractivity contribution < 1.29 is 0 Å². The van der Waals surface area contributed by atoms with Crippen LogP contribution in [0.15, 0.2) is 79.0 Å². The van der Waals surface area contributed by atoms with Gasteiger partial charge in [0.15, 0.2) is 11.6 Å². The molecule has 2 heterocycles. The van der Waals surface area contributed by atoms with E-state index in [-0.39, 0.29) is 5.28 Å². The first-order valence-corrected chi connectivity index (χ1v) is 8.90. The van der Waals surface area contributed by atoms with E-state index in [4.69, 9.17) is 11.6 Å². The van der Waals surface area contributed by atoms with Crippen LogP contribution in [0, 0.1) is 0 Å². The lowest BCUT2D eigenvalue weighted by molar-refractivity contribution is 1.07. The van der Waals surface area contributed by atoms with E-state index in [0.29, 0.717) is 11.6 Å². The van der Waals surface area contributed by atoms with Crippen molar-refractivity contribution in [3.63, 3.8) is 0 Å². The summed E-state index contributed by atoms with van der Waals surface area (Å²) in [6.45, 7) is 0. The number of fused-ring (bicyclic) bond motifs is 2. The Hall–Kier alpha value is -3.37. The molecule has 0 aliphatic carbocycles. The highest BCUT2D eigenvalue weighted by Crippen LogP contribution is 2.26. The number of aromatic nitrogens is 4. The monoisotopic (exact) mass is 368 g/mol. The van der Waals surface area contributed by atoms with Crippen molar-refractivity contribution in [2.45, 2.75) is 0 Å². The van der Waals surface area contributed by atoms with Gasteiger partial charge in [-0.25, -0.2) is 4.98 Å². The SMILES string of the molecule is Clc1nc(-c2ccc3ccccc3c2)nc(-c2ccc3ncccc3c2)n1. The van der Waals surface area contributed by atoms with E-state index < -0.39 is 0 Å². The number of nitrogens with zero attached hydrogens (tertiary/aromatic N) is 4. The van der Waals surface area contributed by atoms with Crippen LogP contribution in [0.3, 0.4) is 0 Å². The molecule has 0 amide bonds. The third-order valence-electron chi connectivity index (χ3n) is 4.48. The molecular weight excluding hydrogens is 356 g/mol. The maximum absolute atomic E-state index is 6.21. The molecule has 5 aromatic rings. The summed E-state index contributed by atoms with van der Waals surface area (Å²) < 4.78 is 0. The average molecular weight is 369 g/mol. The van der Waals surface area contributed by atoms with E-state index in [0.717, 1.165) is 27.4 Å². The molecular formula is C22H13ClN4. The molecule has 0 atom stereocenters. The molecule has 0 bridgehead atoms. The van der Waals surface area contributed by atoms with Crippen molar-refractivity contribution in [3.05, 3.63) is 84.3 Å². The van der Waals surface area contributed by atoms with Crippen molar-refractivity contribution in [2.75, 3.05) is 0 Å². The lowest BCUT2D eigenvalue weighted by Gasteiger charge is -2.07. The van der Waals surface area contributed by atoms with Crippen LogP contribution in [0.5, 0.6) is 0 Å². The fourth-order valence-electron chi connectivity index (χ4n) is 3.15. The van der Waals surface area contributed by atoms with Crippen LogP contribution in [0.25, 0.3) is 44.5 Å². The van der Waals surface area contributed by atoms with Gasteiger partial charge in [0.2, 0.25) is 5.28 Å². The molecule has 0 aliphatic heterocycles. The minimum absolute atomic E-state index is 0.175. The fraction of sp³-hybridized carbons (Fsp3) is 0. The van der Waals surface area contributed by atoms with Crippen molar-refractivity contribution in [3.8, 4) is 22.8 Å². The van der Waals surface area contributed by atoms with E-state index in [1.54, 1.807) is 6.20 Å². The smallest absolute Gasteiger partial charge is 0.226 e. The number of hydrogen-bond donors (Lipinski definition) is 0. The molecule has 128 valence electrons. The summed E-state index contributed by atoms with van der Waals surface area (Å²) in [7, 11) is 0. The molecule has 0 N–H and O–H groups in total. The quantitative estimate of drug-likeness (QED) is 0.409. The number of hydrogen-bond acceptors (Lipinski definition) is 4. The lowest BCUT2D eigenvalue weighted by Crippen LogP contribution is -1.97. The third-order valence-corrected chi connectivity index (χ3v) is 4.65. The highest BCUT2D eigenvalue weighted by Gasteiger charge is 2.10. The highest BCUT2D eigenvalue weighted by atomic mass is 35.5. The van der Waals surface area contributed by atoms with Gasteiger partial charge < -0.3 is 0 Å².